The van der Waals surface area contributed by atoms with Gasteiger partial charge in [-0.15, -0.1) is 0 Å². The van der Waals surface area contributed by atoms with Crippen molar-refractivity contribution in [2.45, 2.75) is 19.9 Å². The number of nitrogens with zero attached hydrogens (tertiary/aromatic N) is 2. The number of aliphatic imine (C=N–C) groups is 1. The van der Waals surface area contributed by atoms with E-state index in [1.54, 1.807) is 0 Å². The van der Waals surface area contributed by atoms with Crippen LogP contribution in [0.1, 0.15) is 18.9 Å². The van der Waals surface area contributed by atoms with Crippen LogP contribution in [0.15, 0.2) is 29.3 Å². The molecule has 0 bridgehead atoms. The largest absolute Gasteiger partial charge is 0.491 e. The second-order valence-corrected chi connectivity index (χ2v) is 4.23. The lowest BCUT2D eigenvalue weighted by molar-refractivity contribution is 0.286. The molecule has 5 heteroatoms. The van der Waals surface area contributed by atoms with E-state index in [0.717, 1.165) is 43.3 Å². The van der Waals surface area contributed by atoms with Gasteiger partial charge in [0.15, 0.2) is 0 Å². The number of rotatable bonds is 2. The highest BCUT2D eigenvalue weighted by Gasteiger charge is 2.17. The van der Waals surface area contributed by atoms with Crippen molar-refractivity contribution < 1.29 is 4.74 Å². The van der Waals surface area contributed by atoms with Crippen LogP contribution in [-0.2, 0) is 6.54 Å². The molecule has 2 rings (SSSR count). The molecule has 0 spiro atoms. The Morgan fingerprint density at radius 1 is 1.50 bits per heavy atom. The van der Waals surface area contributed by atoms with Crippen LogP contribution in [0.3, 0.4) is 0 Å². The molecule has 0 fully saturated rings. The second-order valence-electron chi connectivity index (χ2n) is 4.23. The van der Waals surface area contributed by atoms with E-state index in [-0.39, 0.29) is 0 Å². The number of para-hydroxylation sites is 1. The lowest BCUT2D eigenvalue weighted by atomic mass is 10.2. The van der Waals surface area contributed by atoms with Crippen LogP contribution < -0.4 is 16.0 Å². The van der Waals surface area contributed by atoms with E-state index in [2.05, 4.69) is 28.3 Å². The zero-order valence-corrected chi connectivity index (χ0v) is 10.7. The molecule has 0 saturated heterocycles. The number of nitrogens with two attached hydrogens (primary N) is 1. The Hall–Kier alpha value is -1.75. The molecule has 0 atom stereocenters. The van der Waals surface area contributed by atoms with Crippen LogP contribution in [0.4, 0.5) is 0 Å². The summed E-state index contributed by atoms with van der Waals surface area (Å²) >= 11 is 0. The fourth-order valence-electron chi connectivity index (χ4n) is 1.96. The van der Waals surface area contributed by atoms with Gasteiger partial charge in [0.2, 0.25) is 5.96 Å². The van der Waals surface area contributed by atoms with E-state index in [4.69, 9.17) is 10.6 Å². The van der Waals surface area contributed by atoms with Crippen molar-refractivity contribution in [3.8, 4) is 5.75 Å². The summed E-state index contributed by atoms with van der Waals surface area (Å²) in [6.45, 7) is 5.06. The van der Waals surface area contributed by atoms with Gasteiger partial charge < -0.3 is 9.64 Å². The molecule has 1 aliphatic heterocycles. The van der Waals surface area contributed by atoms with E-state index in [0.29, 0.717) is 6.61 Å². The summed E-state index contributed by atoms with van der Waals surface area (Å²) in [6, 6.07) is 8.07. The van der Waals surface area contributed by atoms with Gasteiger partial charge in [0, 0.05) is 18.7 Å². The maximum Gasteiger partial charge on any atom is 0.208 e. The van der Waals surface area contributed by atoms with Gasteiger partial charge in [0.1, 0.15) is 12.4 Å². The van der Waals surface area contributed by atoms with Crippen LogP contribution in [0.2, 0.25) is 0 Å². The zero-order chi connectivity index (χ0) is 12.8. The van der Waals surface area contributed by atoms with Crippen LogP contribution >= 0.6 is 0 Å². The number of guanidine groups is 1. The van der Waals surface area contributed by atoms with Gasteiger partial charge in [0.25, 0.3) is 0 Å². The van der Waals surface area contributed by atoms with Gasteiger partial charge >= 0.3 is 0 Å². The monoisotopic (exact) mass is 248 g/mol. The maximum absolute atomic E-state index is 5.71. The molecule has 1 aromatic rings. The first kappa shape index (κ1) is 12.7. The first-order valence-electron chi connectivity index (χ1n) is 6.32. The van der Waals surface area contributed by atoms with Crippen molar-refractivity contribution in [1.29, 1.82) is 0 Å². The molecule has 3 N–H and O–H groups in total. The molecule has 0 saturated carbocycles. The summed E-state index contributed by atoms with van der Waals surface area (Å²) in [4.78, 5) is 6.56. The summed E-state index contributed by atoms with van der Waals surface area (Å²) < 4.78 is 5.71. The van der Waals surface area contributed by atoms with Crippen molar-refractivity contribution >= 4 is 5.96 Å². The Labute approximate surface area is 108 Å². The highest BCUT2D eigenvalue weighted by Crippen LogP contribution is 2.22. The standard InChI is InChI=1S/C13H20N4O/c1-2-7-15-13(16-14)17-8-9-18-12-6-4-3-5-11(12)10-17/h3-6H,2,7-10,14H2,1H3,(H,15,16). The fraction of sp³-hybridized carbons (Fsp3) is 0.462. The Balaban J connectivity index is 2.16. The molecule has 0 radical (unpaired) electrons. The number of fused-ring (bicyclic) bond motifs is 1. The predicted molar refractivity (Wildman–Crippen MR) is 72.3 cm³/mol. The van der Waals surface area contributed by atoms with Crippen molar-refractivity contribution in [2.75, 3.05) is 19.7 Å². The van der Waals surface area contributed by atoms with E-state index in [1.807, 2.05) is 18.2 Å². The Morgan fingerprint density at radius 2 is 2.33 bits per heavy atom. The molecule has 0 aliphatic carbocycles. The molecule has 1 aromatic carbocycles. The first-order chi connectivity index (χ1) is 8.85. The molecule has 1 heterocycles. The molecule has 18 heavy (non-hydrogen) atoms. The minimum absolute atomic E-state index is 0.643. The predicted octanol–water partition coefficient (Wildman–Crippen LogP) is 1.11. The lowest BCUT2D eigenvalue weighted by Crippen LogP contribution is -2.45. The lowest BCUT2D eigenvalue weighted by Gasteiger charge is -2.23. The van der Waals surface area contributed by atoms with Gasteiger partial charge in [-0.2, -0.15) is 0 Å². The molecule has 0 aromatic heterocycles. The maximum atomic E-state index is 5.71. The zero-order valence-electron chi connectivity index (χ0n) is 10.7. The average molecular weight is 248 g/mol. The summed E-state index contributed by atoms with van der Waals surface area (Å²) in [5.41, 5.74) is 3.85. The molecule has 5 nitrogen and oxygen atoms in total. The third-order valence-electron chi connectivity index (χ3n) is 2.87. The van der Waals surface area contributed by atoms with Crippen LogP contribution in [-0.4, -0.2) is 30.6 Å². The second kappa shape index (κ2) is 6.26. The van der Waals surface area contributed by atoms with Crippen molar-refractivity contribution in [3.05, 3.63) is 29.8 Å². The summed E-state index contributed by atoms with van der Waals surface area (Å²) in [7, 11) is 0. The molecule has 0 amide bonds. The third kappa shape index (κ3) is 2.92. The van der Waals surface area contributed by atoms with E-state index in [1.165, 1.54) is 0 Å². The normalized spacial score (nSPS) is 15.7. The van der Waals surface area contributed by atoms with Crippen LogP contribution in [0.5, 0.6) is 5.75 Å². The van der Waals surface area contributed by atoms with Crippen molar-refractivity contribution in [2.24, 2.45) is 10.8 Å². The number of hydrogen-bond donors (Lipinski definition) is 2. The third-order valence-corrected chi connectivity index (χ3v) is 2.87. The van der Waals surface area contributed by atoms with Gasteiger partial charge in [-0.05, 0) is 12.5 Å². The summed E-state index contributed by atoms with van der Waals surface area (Å²) in [5, 5.41) is 0. The fourth-order valence-corrected chi connectivity index (χ4v) is 1.96. The SMILES string of the molecule is CCCN=C(NN)N1CCOc2ccccc2C1. The molecular weight excluding hydrogens is 228 g/mol. The smallest absolute Gasteiger partial charge is 0.208 e. The Kier molecular flexibility index (Phi) is 4.41. The van der Waals surface area contributed by atoms with Crippen LogP contribution in [0.25, 0.3) is 0 Å². The van der Waals surface area contributed by atoms with Gasteiger partial charge in [0.05, 0.1) is 6.54 Å². The van der Waals surface area contributed by atoms with E-state index < -0.39 is 0 Å². The molecular formula is C13H20N4O. The minimum Gasteiger partial charge on any atom is -0.491 e. The summed E-state index contributed by atoms with van der Waals surface area (Å²) in [6.07, 6.45) is 1.01. The quantitative estimate of drug-likeness (QED) is 0.356. The van der Waals surface area contributed by atoms with E-state index in [9.17, 15) is 0 Å². The van der Waals surface area contributed by atoms with E-state index >= 15 is 0 Å². The van der Waals surface area contributed by atoms with Crippen molar-refractivity contribution in [3.63, 3.8) is 0 Å². The number of hydrazine groups is 1. The average Bonchev–Trinajstić information content (AvgIpc) is 2.62. The number of benzene rings is 1. The van der Waals surface area contributed by atoms with Crippen LogP contribution in [0, 0.1) is 0 Å². The van der Waals surface area contributed by atoms with Gasteiger partial charge in [-0.3, -0.25) is 10.4 Å². The number of nitrogens with one attached hydrogen (secondary N) is 1. The summed E-state index contributed by atoms with van der Waals surface area (Å²) in [5.74, 6) is 7.24. The topological polar surface area (TPSA) is 62.9 Å². The number of hydrogen-bond acceptors (Lipinski definition) is 3. The Morgan fingerprint density at radius 3 is 3.11 bits per heavy atom. The molecule has 98 valence electrons. The highest BCUT2D eigenvalue weighted by molar-refractivity contribution is 5.79. The first-order valence-corrected chi connectivity index (χ1v) is 6.32. The highest BCUT2D eigenvalue weighted by atomic mass is 16.5. The van der Waals surface area contributed by atoms with Gasteiger partial charge in [-0.1, -0.05) is 25.1 Å². The minimum atomic E-state index is 0.643. The van der Waals surface area contributed by atoms with Crippen molar-refractivity contribution in [1.82, 2.24) is 10.3 Å². The molecule has 1 aliphatic rings. The Bertz CT molecular complexity index is 419. The number of ether oxygens (including phenoxy) is 1. The van der Waals surface area contributed by atoms with Gasteiger partial charge in [-0.25, -0.2) is 5.84 Å². The molecule has 0 unspecified atom stereocenters.